The standard InChI is InChI=1S/C20H26N4O2/c1-21-20(22-11-12-24(2)17-7-4-3-5-8-17)23-16-9-10-18-19(15-16)26-14-6-13-25-18/h3-5,7-10,15H,6,11-14H2,1-2H3,(H2,21,22,23). The van der Waals surface area contributed by atoms with Gasteiger partial charge in [-0.2, -0.15) is 0 Å². The van der Waals surface area contributed by atoms with E-state index in [-0.39, 0.29) is 0 Å². The number of nitrogens with one attached hydrogen (secondary N) is 2. The van der Waals surface area contributed by atoms with Crippen molar-refractivity contribution in [2.24, 2.45) is 4.99 Å². The van der Waals surface area contributed by atoms with E-state index in [4.69, 9.17) is 9.47 Å². The van der Waals surface area contributed by atoms with Gasteiger partial charge in [-0.25, -0.2) is 0 Å². The van der Waals surface area contributed by atoms with Crippen LogP contribution in [0.5, 0.6) is 11.5 Å². The number of fused-ring (bicyclic) bond motifs is 1. The summed E-state index contributed by atoms with van der Waals surface area (Å²) in [5.74, 6) is 2.29. The average Bonchev–Trinajstić information content (AvgIpc) is 2.92. The summed E-state index contributed by atoms with van der Waals surface area (Å²) in [6.45, 7) is 3.01. The van der Waals surface area contributed by atoms with Crippen molar-refractivity contribution in [2.75, 3.05) is 50.6 Å². The molecule has 0 fully saturated rings. The molecule has 1 aliphatic heterocycles. The summed E-state index contributed by atoms with van der Waals surface area (Å²) in [4.78, 5) is 6.49. The molecule has 138 valence electrons. The number of aliphatic imine (C=N–C) groups is 1. The third kappa shape index (κ3) is 4.81. The van der Waals surface area contributed by atoms with Crippen LogP contribution >= 0.6 is 0 Å². The molecule has 0 radical (unpaired) electrons. The van der Waals surface area contributed by atoms with Crippen LogP contribution in [0.1, 0.15) is 6.42 Å². The van der Waals surface area contributed by atoms with Crippen molar-refractivity contribution in [3.05, 3.63) is 48.5 Å². The van der Waals surface area contributed by atoms with Gasteiger partial charge in [-0.1, -0.05) is 18.2 Å². The summed E-state index contributed by atoms with van der Waals surface area (Å²) in [5.41, 5.74) is 2.11. The van der Waals surface area contributed by atoms with Crippen LogP contribution in [0.15, 0.2) is 53.5 Å². The number of anilines is 2. The summed E-state index contributed by atoms with van der Waals surface area (Å²) in [5, 5.41) is 6.63. The molecule has 2 aromatic carbocycles. The van der Waals surface area contributed by atoms with Gasteiger partial charge in [0.05, 0.1) is 13.2 Å². The third-order valence-corrected chi connectivity index (χ3v) is 4.17. The van der Waals surface area contributed by atoms with E-state index in [0.29, 0.717) is 13.2 Å². The average molecular weight is 354 g/mol. The zero-order valence-corrected chi connectivity index (χ0v) is 15.4. The van der Waals surface area contributed by atoms with E-state index >= 15 is 0 Å². The van der Waals surface area contributed by atoms with E-state index in [1.807, 2.05) is 36.4 Å². The second kappa shape index (κ2) is 8.99. The van der Waals surface area contributed by atoms with Crippen molar-refractivity contribution in [3.63, 3.8) is 0 Å². The largest absolute Gasteiger partial charge is 0.490 e. The zero-order chi connectivity index (χ0) is 18.2. The summed E-state index contributed by atoms with van der Waals surface area (Å²) in [7, 11) is 3.84. The molecule has 0 spiro atoms. The van der Waals surface area contributed by atoms with Crippen molar-refractivity contribution in [1.82, 2.24) is 5.32 Å². The monoisotopic (exact) mass is 354 g/mol. The minimum absolute atomic E-state index is 0.676. The highest BCUT2D eigenvalue weighted by atomic mass is 16.5. The first-order valence-electron chi connectivity index (χ1n) is 8.90. The number of hydrogen-bond acceptors (Lipinski definition) is 4. The third-order valence-electron chi connectivity index (χ3n) is 4.17. The molecular weight excluding hydrogens is 328 g/mol. The fourth-order valence-corrected chi connectivity index (χ4v) is 2.71. The Hall–Kier alpha value is -2.89. The fraction of sp³-hybridized carbons (Fsp3) is 0.350. The fourth-order valence-electron chi connectivity index (χ4n) is 2.71. The number of nitrogens with zero attached hydrogens (tertiary/aromatic N) is 2. The van der Waals surface area contributed by atoms with Crippen molar-refractivity contribution >= 4 is 17.3 Å². The Kier molecular flexibility index (Phi) is 6.19. The molecule has 0 saturated carbocycles. The number of ether oxygens (including phenoxy) is 2. The Morgan fingerprint density at radius 2 is 1.85 bits per heavy atom. The van der Waals surface area contributed by atoms with Gasteiger partial charge in [0.2, 0.25) is 0 Å². The highest BCUT2D eigenvalue weighted by Crippen LogP contribution is 2.32. The van der Waals surface area contributed by atoms with Crippen molar-refractivity contribution < 1.29 is 9.47 Å². The molecule has 2 aromatic rings. The van der Waals surface area contributed by atoms with Gasteiger partial charge in [0.25, 0.3) is 0 Å². The smallest absolute Gasteiger partial charge is 0.195 e. The molecule has 0 atom stereocenters. The Morgan fingerprint density at radius 3 is 2.62 bits per heavy atom. The Morgan fingerprint density at radius 1 is 1.08 bits per heavy atom. The van der Waals surface area contributed by atoms with Gasteiger partial charge < -0.3 is 25.0 Å². The van der Waals surface area contributed by atoms with Gasteiger partial charge in [-0.15, -0.1) is 0 Å². The van der Waals surface area contributed by atoms with Gasteiger partial charge in [0.15, 0.2) is 17.5 Å². The lowest BCUT2D eigenvalue weighted by Crippen LogP contribution is -2.36. The number of para-hydroxylation sites is 1. The highest BCUT2D eigenvalue weighted by molar-refractivity contribution is 5.93. The lowest BCUT2D eigenvalue weighted by molar-refractivity contribution is 0.297. The number of rotatable bonds is 5. The second-order valence-electron chi connectivity index (χ2n) is 6.09. The molecule has 0 saturated heterocycles. The minimum Gasteiger partial charge on any atom is -0.490 e. The first-order chi connectivity index (χ1) is 12.8. The molecule has 0 amide bonds. The molecule has 1 heterocycles. The van der Waals surface area contributed by atoms with Crippen LogP contribution in [-0.2, 0) is 0 Å². The lowest BCUT2D eigenvalue weighted by atomic mass is 10.2. The van der Waals surface area contributed by atoms with Gasteiger partial charge in [0, 0.05) is 51.0 Å². The second-order valence-corrected chi connectivity index (χ2v) is 6.09. The molecule has 6 nitrogen and oxygen atoms in total. The summed E-state index contributed by atoms with van der Waals surface area (Å²) in [6.07, 6.45) is 0.898. The topological polar surface area (TPSA) is 58.1 Å². The van der Waals surface area contributed by atoms with Crippen LogP contribution in [0.3, 0.4) is 0 Å². The van der Waals surface area contributed by atoms with Crippen molar-refractivity contribution in [1.29, 1.82) is 0 Å². The van der Waals surface area contributed by atoms with Crippen LogP contribution in [0.4, 0.5) is 11.4 Å². The molecular formula is C20H26N4O2. The zero-order valence-electron chi connectivity index (χ0n) is 15.4. The van der Waals surface area contributed by atoms with Gasteiger partial charge in [-0.3, -0.25) is 4.99 Å². The number of guanidine groups is 1. The SMILES string of the molecule is CN=C(NCCN(C)c1ccccc1)Nc1ccc2c(c1)OCCCO2. The maximum absolute atomic E-state index is 5.73. The quantitative estimate of drug-likeness (QED) is 0.639. The van der Waals surface area contributed by atoms with Crippen LogP contribution in [0.2, 0.25) is 0 Å². The summed E-state index contributed by atoms with van der Waals surface area (Å²) < 4.78 is 11.4. The minimum atomic E-state index is 0.676. The first kappa shape index (κ1) is 17.9. The number of likely N-dealkylation sites (N-methyl/N-ethyl adjacent to an activating group) is 1. The van der Waals surface area contributed by atoms with Crippen molar-refractivity contribution in [3.8, 4) is 11.5 Å². The van der Waals surface area contributed by atoms with Gasteiger partial charge in [-0.05, 0) is 24.3 Å². The van der Waals surface area contributed by atoms with Gasteiger partial charge >= 0.3 is 0 Å². The maximum Gasteiger partial charge on any atom is 0.195 e. The number of hydrogen-bond donors (Lipinski definition) is 2. The molecule has 0 aliphatic carbocycles. The molecule has 0 bridgehead atoms. The summed E-state index contributed by atoms with van der Waals surface area (Å²) in [6, 6.07) is 16.2. The Labute approximate surface area is 154 Å². The van der Waals surface area contributed by atoms with E-state index in [2.05, 4.69) is 39.7 Å². The molecule has 1 aliphatic rings. The van der Waals surface area contributed by atoms with E-state index in [9.17, 15) is 0 Å². The van der Waals surface area contributed by atoms with Crippen molar-refractivity contribution in [2.45, 2.75) is 6.42 Å². The predicted octanol–water partition coefficient (Wildman–Crippen LogP) is 2.97. The summed E-state index contributed by atoms with van der Waals surface area (Å²) >= 11 is 0. The molecule has 26 heavy (non-hydrogen) atoms. The Bertz CT molecular complexity index is 734. The highest BCUT2D eigenvalue weighted by Gasteiger charge is 2.11. The van der Waals surface area contributed by atoms with Crippen LogP contribution in [0, 0.1) is 0 Å². The number of benzene rings is 2. The molecule has 3 rings (SSSR count). The van der Waals surface area contributed by atoms with Gasteiger partial charge in [0.1, 0.15) is 0 Å². The van der Waals surface area contributed by atoms with Crippen LogP contribution in [-0.4, -0.2) is 46.4 Å². The maximum atomic E-state index is 5.73. The van der Waals surface area contributed by atoms with E-state index < -0.39 is 0 Å². The van der Waals surface area contributed by atoms with E-state index in [0.717, 1.165) is 42.7 Å². The van der Waals surface area contributed by atoms with Crippen LogP contribution < -0.4 is 25.0 Å². The molecule has 2 N–H and O–H groups in total. The normalized spacial score (nSPS) is 13.7. The molecule has 6 heteroatoms. The lowest BCUT2D eigenvalue weighted by Gasteiger charge is -2.20. The van der Waals surface area contributed by atoms with E-state index in [1.165, 1.54) is 5.69 Å². The molecule has 0 unspecified atom stereocenters. The van der Waals surface area contributed by atoms with Crippen LogP contribution in [0.25, 0.3) is 0 Å². The first-order valence-corrected chi connectivity index (χ1v) is 8.90. The van der Waals surface area contributed by atoms with E-state index in [1.54, 1.807) is 7.05 Å². The Balaban J connectivity index is 1.52. The predicted molar refractivity (Wildman–Crippen MR) is 107 cm³/mol. The molecule has 0 aromatic heterocycles.